The molecule has 2 heterocycles. The van der Waals surface area contributed by atoms with Gasteiger partial charge in [0.15, 0.2) is 0 Å². The molecule has 0 spiro atoms. The number of esters is 1. The van der Waals surface area contributed by atoms with E-state index in [-0.39, 0.29) is 12.1 Å². The summed E-state index contributed by atoms with van der Waals surface area (Å²) in [6, 6.07) is 12.5. The van der Waals surface area contributed by atoms with Crippen molar-refractivity contribution in [3.63, 3.8) is 0 Å². The van der Waals surface area contributed by atoms with Gasteiger partial charge in [-0.3, -0.25) is 9.47 Å². The van der Waals surface area contributed by atoms with Crippen molar-refractivity contribution in [3.05, 3.63) is 70.4 Å². The van der Waals surface area contributed by atoms with Crippen molar-refractivity contribution >= 4 is 23.0 Å². The van der Waals surface area contributed by atoms with Crippen LogP contribution in [0.2, 0.25) is 0 Å². The highest BCUT2D eigenvalue weighted by Gasteiger charge is 2.32. The van der Waals surface area contributed by atoms with Gasteiger partial charge in [-0.25, -0.2) is 9.59 Å². The maximum absolute atomic E-state index is 13.0. The van der Waals surface area contributed by atoms with E-state index in [1.165, 1.54) is 36.6 Å². The lowest BCUT2D eigenvalue weighted by atomic mass is 9.95. The van der Waals surface area contributed by atoms with Gasteiger partial charge in [-0.2, -0.15) is 0 Å². The molecule has 190 valence electrons. The molecule has 0 N–H and O–H groups in total. The van der Waals surface area contributed by atoms with Crippen molar-refractivity contribution in [3.8, 4) is 0 Å². The summed E-state index contributed by atoms with van der Waals surface area (Å²) in [4.78, 5) is 27.4. The second-order valence-electron chi connectivity index (χ2n) is 11.2. The van der Waals surface area contributed by atoms with Crippen LogP contribution in [0.3, 0.4) is 0 Å². The number of methoxy groups -OCH3 is 1. The molecule has 1 unspecified atom stereocenters. The highest BCUT2D eigenvalue weighted by atomic mass is 16.6. The van der Waals surface area contributed by atoms with Gasteiger partial charge in [-0.15, -0.1) is 0 Å². The molecule has 0 radical (unpaired) electrons. The predicted molar refractivity (Wildman–Crippen MR) is 140 cm³/mol. The molecular formula is C30H36N2O4. The zero-order valence-electron chi connectivity index (χ0n) is 22.0. The summed E-state index contributed by atoms with van der Waals surface area (Å²) in [6.45, 7) is 9.64. The van der Waals surface area contributed by atoms with Crippen molar-refractivity contribution < 1.29 is 19.1 Å². The fourth-order valence-electron chi connectivity index (χ4n) is 5.58. The Labute approximate surface area is 213 Å². The molecule has 0 amide bonds. The molecule has 36 heavy (non-hydrogen) atoms. The van der Waals surface area contributed by atoms with Crippen LogP contribution in [0.15, 0.2) is 42.6 Å². The van der Waals surface area contributed by atoms with E-state index in [2.05, 4.69) is 36.1 Å². The fraction of sp³-hybridized carbons (Fsp3) is 0.467. The molecule has 6 heteroatoms. The molecule has 6 nitrogen and oxygen atoms in total. The maximum atomic E-state index is 13.0. The lowest BCUT2D eigenvalue weighted by Gasteiger charge is -2.27. The van der Waals surface area contributed by atoms with Crippen LogP contribution < -0.4 is 0 Å². The number of carbonyl (C=O) groups is 2. The average molecular weight is 489 g/mol. The second-order valence-corrected chi connectivity index (χ2v) is 11.2. The number of likely N-dealkylation sites (tertiary alicyclic amines) is 1. The van der Waals surface area contributed by atoms with Crippen LogP contribution >= 0.6 is 0 Å². The van der Waals surface area contributed by atoms with Crippen LogP contribution in [-0.4, -0.2) is 40.8 Å². The van der Waals surface area contributed by atoms with Gasteiger partial charge in [0.05, 0.1) is 18.2 Å². The zero-order valence-corrected chi connectivity index (χ0v) is 22.0. The number of carbonyl (C=O) groups excluding carboxylic acids is 2. The summed E-state index contributed by atoms with van der Waals surface area (Å²) in [5.74, 6) is 0.295. The summed E-state index contributed by atoms with van der Waals surface area (Å²) in [7, 11) is 1.41. The van der Waals surface area contributed by atoms with E-state index in [0.29, 0.717) is 17.5 Å². The topological polar surface area (TPSA) is 60.8 Å². The third-order valence-corrected chi connectivity index (χ3v) is 7.35. The second kappa shape index (κ2) is 9.40. The number of hydrogen-bond acceptors (Lipinski definition) is 5. The number of hydrogen-bond donors (Lipinski definition) is 0. The molecule has 2 aliphatic rings. The minimum atomic E-state index is -0.551. The monoisotopic (exact) mass is 488 g/mol. The van der Waals surface area contributed by atoms with E-state index in [4.69, 9.17) is 9.47 Å². The molecule has 1 atom stereocenters. The van der Waals surface area contributed by atoms with Gasteiger partial charge < -0.3 is 9.47 Å². The van der Waals surface area contributed by atoms with Crippen molar-refractivity contribution in [1.29, 1.82) is 0 Å². The van der Waals surface area contributed by atoms with Crippen molar-refractivity contribution in [1.82, 2.24) is 9.47 Å². The van der Waals surface area contributed by atoms with E-state index in [9.17, 15) is 9.59 Å². The van der Waals surface area contributed by atoms with Crippen LogP contribution in [0.1, 0.15) is 91.0 Å². The predicted octanol–water partition coefficient (Wildman–Crippen LogP) is 6.73. The summed E-state index contributed by atoms with van der Waals surface area (Å²) < 4.78 is 12.2. The Bertz CT molecular complexity index is 1300. The molecule has 5 rings (SSSR count). The number of fused-ring (bicyclic) bond motifs is 1. The van der Waals surface area contributed by atoms with Gasteiger partial charge in [-0.1, -0.05) is 18.2 Å². The SMILES string of the molecule is COC(=O)c1ccc(C2CCCN2Cc2c(C3CC3)cc(C)c3c2ccn3C(=O)OC(C)(C)C)cc1. The Kier molecular flexibility index (Phi) is 6.41. The number of rotatable bonds is 5. The number of benzene rings is 2. The van der Waals surface area contributed by atoms with E-state index in [1.807, 2.05) is 39.1 Å². The number of aromatic nitrogens is 1. The fourth-order valence-corrected chi connectivity index (χ4v) is 5.58. The summed E-state index contributed by atoms with van der Waals surface area (Å²) in [5, 5.41) is 1.15. The Morgan fingerprint density at radius 2 is 1.78 bits per heavy atom. The van der Waals surface area contributed by atoms with E-state index < -0.39 is 5.60 Å². The Hall–Kier alpha value is -3.12. The van der Waals surface area contributed by atoms with Gasteiger partial charge in [0.25, 0.3) is 0 Å². The molecule has 2 aromatic carbocycles. The number of ether oxygens (including phenoxy) is 2. The van der Waals surface area contributed by atoms with E-state index in [1.54, 1.807) is 4.57 Å². The Morgan fingerprint density at radius 3 is 2.42 bits per heavy atom. The van der Waals surface area contributed by atoms with Crippen molar-refractivity contribution in [2.24, 2.45) is 0 Å². The number of nitrogens with zero attached hydrogens (tertiary/aromatic N) is 2. The molecule has 2 fully saturated rings. The first kappa shape index (κ1) is 24.6. The molecule has 1 aliphatic heterocycles. The van der Waals surface area contributed by atoms with Crippen molar-refractivity contribution in [2.75, 3.05) is 13.7 Å². The summed E-state index contributed by atoms with van der Waals surface area (Å²) in [6.07, 6.45) is 6.20. The molecule has 1 aromatic heterocycles. The molecule has 1 aliphatic carbocycles. The third kappa shape index (κ3) is 4.79. The highest BCUT2D eigenvalue weighted by Crippen LogP contribution is 2.46. The van der Waals surface area contributed by atoms with Crippen LogP contribution in [0.4, 0.5) is 4.79 Å². The third-order valence-electron chi connectivity index (χ3n) is 7.35. The molecule has 1 saturated heterocycles. The minimum Gasteiger partial charge on any atom is -0.465 e. The molecule has 1 saturated carbocycles. The molecular weight excluding hydrogens is 452 g/mol. The lowest BCUT2D eigenvalue weighted by molar-refractivity contribution is 0.0542. The first-order valence-electron chi connectivity index (χ1n) is 13.0. The van der Waals surface area contributed by atoms with Crippen LogP contribution in [0, 0.1) is 6.92 Å². The number of aryl methyl sites for hydroxylation is 1. The largest absolute Gasteiger partial charge is 0.465 e. The van der Waals surface area contributed by atoms with Crippen LogP contribution in [-0.2, 0) is 16.0 Å². The molecule has 0 bridgehead atoms. The summed E-state index contributed by atoms with van der Waals surface area (Å²) in [5.41, 5.74) is 6.06. The standard InChI is InChI=1S/C30H36N2O4/c1-19-17-24(20-8-9-20)25(23-14-16-32(27(19)23)29(34)36-30(2,3)4)18-31-15-6-7-26(31)21-10-12-22(13-11-21)28(33)35-5/h10-14,16-17,20,26H,6-9,15,18H2,1-5H3. The Balaban J connectivity index is 1.49. The minimum absolute atomic E-state index is 0.299. The average Bonchev–Trinajstić information content (AvgIpc) is 3.40. The smallest absolute Gasteiger partial charge is 0.418 e. The normalized spacial score (nSPS) is 18.5. The first-order chi connectivity index (χ1) is 17.2. The van der Waals surface area contributed by atoms with Gasteiger partial charge >= 0.3 is 12.1 Å². The highest BCUT2D eigenvalue weighted by molar-refractivity contribution is 5.94. The lowest BCUT2D eigenvalue weighted by Crippen LogP contribution is -2.27. The van der Waals surface area contributed by atoms with Crippen LogP contribution in [0.25, 0.3) is 10.9 Å². The van der Waals surface area contributed by atoms with Gasteiger partial charge in [0.2, 0.25) is 0 Å². The molecule has 3 aromatic rings. The van der Waals surface area contributed by atoms with Gasteiger partial charge in [0, 0.05) is 24.2 Å². The summed E-state index contributed by atoms with van der Waals surface area (Å²) >= 11 is 0. The van der Waals surface area contributed by atoms with Gasteiger partial charge in [-0.05, 0) is 106 Å². The van der Waals surface area contributed by atoms with E-state index >= 15 is 0 Å². The van der Waals surface area contributed by atoms with Gasteiger partial charge in [0.1, 0.15) is 5.60 Å². The maximum Gasteiger partial charge on any atom is 0.418 e. The van der Waals surface area contributed by atoms with Crippen LogP contribution in [0.5, 0.6) is 0 Å². The first-order valence-corrected chi connectivity index (χ1v) is 13.0. The van der Waals surface area contributed by atoms with Crippen molar-refractivity contribution in [2.45, 2.75) is 77.5 Å². The Morgan fingerprint density at radius 1 is 1.06 bits per heavy atom. The zero-order chi connectivity index (χ0) is 25.6. The van der Waals surface area contributed by atoms with E-state index in [0.717, 1.165) is 42.4 Å². The quantitative estimate of drug-likeness (QED) is 0.373.